The van der Waals surface area contributed by atoms with Gasteiger partial charge in [-0.25, -0.2) is 0 Å². The van der Waals surface area contributed by atoms with Gasteiger partial charge in [0.1, 0.15) is 17.6 Å². The lowest BCUT2D eigenvalue weighted by Crippen LogP contribution is -2.39. The Hall–Kier alpha value is -1.26. The molecule has 0 bridgehead atoms. The maximum atomic E-state index is 9.10. The summed E-state index contributed by atoms with van der Waals surface area (Å²) < 4.78 is 11.0. The molecule has 4 heteroatoms. The zero-order chi connectivity index (χ0) is 12.7. The van der Waals surface area contributed by atoms with Gasteiger partial charge >= 0.3 is 0 Å². The molecule has 0 amide bonds. The zero-order valence-corrected chi connectivity index (χ0v) is 10.4. The maximum Gasteiger partial charge on any atom is 0.136 e. The van der Waals surface area contributed by atoms with Crippen LogP contribution in [0.5, 0.6) is 11.5 Å². The molecule has 1 aromatic rings. The van der Waals surface area contributed by atoms with Gasteiger partial charge in [-0.3, -0.25) is 0 Å². The third-order valence-electron chi connectivity index (χ3n) is 2.35. The van der Waals surface area contributed by atoms with Crippen LogP contribution in [0.2, 0.25) is 0 Å². The fourth-order valence-corrected chi connectivity index (χ4v) is 1.32. The van der Waals surface area contributed by atoms with Crippen molar-refractivity contribution in [3.05, 3.63) is 24.3 Å². The van der Waals surface area contributed by atoms with Gasteiger partial charge in [0.2, 0.25) is 0 Å². The maximum absolute atomic E-state index is 9.10. The fourth-order valence-electron chi connectivity index (χ4n) is 1.32. The topological polar surface area (TPSA) is 64.7 Å². The number of nitrogens with two attached hydrogens (primary N) is 1. The van der Waals surface area contributed by atoms with E-state index in [1.165, 1.54) is 0 Å². The van der Waals surface area contributed by atoms with E-state index in [9.17, 15) is 0 Å². The summed E-state index contributed by atoms with van der Waals surface area (Å²) in [6, 6.07) is 7.11. The molecule has 0 aliphatic rings. The van der Waals surface area contributed by atoms with Crippen molar-refractivity contribution in [2.24, 2.45) is 5.73 Å². The molecule has 96 valence electrons. The molecule has 2 atom stereocenters. The van der Waals surface area contributed by atoms with Gasteiger partial charge in [0.15, 0.2) is 0 Å². The first-order valence-corrected chi connectivity index (χ1v) is 5.93. The molecule has 0 spiro atoms. The molecular weight excluding hydrogens is 218 g/mol. The molecule has 1 aromatic carbocycles. The summed E-state index contributed by atoms with van der Waals surface area (Å²) in [5.74, 6) is 1.51. The minimum atomic E-state index is -0.377. The standard InChI is InChI=1S/C13H21NO3/c1-3-8-16-11-4-6-12(7-5-11)17-13(9-15)10(2)14/h4-7,10,13,15H,3,8-9,14H2,1-2H3. The van der Waals surface area contributed by atoms with Crippen molar-refractivity contribution in [2.75, 3.05) is 13.2 Å². The highest BCUT2D eigenvalue weighted by atomic mass is 16.5. The molecule has 2 unspecified atom stereocenters. The van der Waals surface area contributed by atoms with Gasteiger partial charge in [0.25, 0.3) is 0 Å². The van der Waals surface area contributed by atoms with Gasteiger partial charge in [-0.2, -0.15) is 0 Å². The molecular formula is C13H21NO3. The number of hydrogen-bond donors (Lipinski definition) is 2. The van der Waals surface area contributed by atoms with Crippen molar-refractivity contribution in [1.29, 1.82) is 0 Å². The van der Waals surface area contributed by atoms with E-state index < -0.39 is 0 Å². The van der Waals surface area contributed by atoms with Crippen molar-refractivity contribution in [2.45, 2.75) is 32.4 Å². The molecule has 0 saturated heterocycles. The van der Waals surface area contributed by atoms with Crippen molar-refractivity contribution < 1.29 is 14.6 Å². The molecule has 0 aliphatic carbocycles. The first-order valence-electron chi connectivity index (χ1n) is 5.93. The van der Waals surface area contributed by atoms with Crippen LogP contribution in [-0.4, -0.2) is 30.5 Å². The number of hydrogen-bond acceptors (Lipinski definition) is 4. The summed E-state index contributed by atoms with van der Waals surface area (Å²) in [5, 5.41) is 9.10. The smallest absolute Gasteiger partial charge is 0.136 e. The van der Waals surface area contributed by atoms with Crippen LogP contribution in [0.3, 0.4) is 0 Å². The molecule has 1 rings (SSSR count). The van der Waals surface area contributed by atoms with Crippen LogP contribution >= 0.6 is 0 Å². The number of rotatable bonds is 7. The summed E-state index contributed by atoms with van der Waals surface area (Å²) in [5.41, 5.74) is 5.68. The Kier molecular flexibility index (Phi) is 5.80. The molecule has 0 aliphatic heterocycles. The molecule has 3 N–H and O–H groups in total. The van der Waals surface area contributed by atoms with Crippen LogP contribution in [0.4, 0.5) is 0 Å². The minimum absolute atomic E-state index is 0.0915. The Bertz CT molecular complexity index is 311. The average molecular weight is 239 g/mol. The number of benzene rings is 1. The Balaban J connectivity index is 2.55. The molecule has 4 nitrogen and oxygen atoms in total. The number of ether oxygens (including phenoxy) is 2. The first-order chi connectivity index (χ1) is 8.17. The zero-order valence-electron chi connectivity index (χ0n) is 10.4. The van der Waals surface area contributed by atoms with E-state index in [-0.39, 0.29) is 18.8 Å². The Labute approximate surface area is 102 Å². The van der Waals surface area contributed by atoms with Crippen LogP contribution < -0.4 is 15.2 Å². The van der Waals surface area contributed by atoms with Crippen molar-refractivity contribution >= 4 is 0 Å². The molecule has 0 fully saturated rings. The third-order valence-corrected chi connectivity index (χ3v) is 2.35. The van der Waals surface area contributed by atoms with Crippen LogP contribution in [0.15, 0.2) is 24.3 Å². The third kappa shape index (κ3) is 4.63. The second-order valence-corrected chi connectivity index (χ2v) is 4.02. The lowest BCUT2D eigenvalue weighted by Gasteiger charge is -2.20. The Morgan fingerprint density at radius 3 is 2.29 bits per heavy atom. The predicted octanol–water partition coefficient (Wildman–Crippen LogP) is 1.56. The highest BCUT2D eigenvalue weighted by Gasteiger charge is 2.14. The van der Waals surface area contributed by atoms with E-state index in [2.05, 4.69) is 6.92 Å². The van der Waals surface area contributed by atoms with Crippen LogP contribution in [0.25, 0.3) is 0 Å². The van der Waals surface area contributed by atoms with Crippen molar-refractivity contribution in [3.8, 4) is 11.5 Å². The van der Waals surface area contributed by atoms with Gasteiger partial charge in [-0.15, -0.1) is 0 Å². The van der Waals surface area contributed by atoms with E-state index in [0.717, 1.165) is 12.2 Å². The summed E-state index contributed by atoms with van der Waals surface area (Å²) >= 11 is 0. The largest absolute Gasteiger partial charge is 0.494 e. The molecule has 0 saturated carbocycles. The lowest BCUT2D eigenvalue weighted by molar-refractivity contribution is 0.0990. The molecule has 0 radical (unpaired) electrons. The van der Waals surface area contributed by atoms with E-state index in [1.54, 1.807) is 6.92 Å². The summed E-state index contributed by atoms with van der Waals surface area (Å²) in [4.78, 5) is 0. The van der Waals surface area contributed by atoms with Crippen molar-refractivity contribution in [3.63, 3.8) is 0 Å². The van der Waals surface area contributed by atoms with E-state index >= 15 is 0 Å². The summed E-state index contributed by atoms with van der Waals surface area (Å²) in [6.07, 6.45) is 0.604. The Morgan fingerprint density at radius 2 is 1.82 bits per heavy atom. The SMILES string of the molecule is CCCOc1ccc(OC(CO)C(C)N)cc1. The normalized spacial score (nSPS) is 14.1. The van der Waals surface area contributed by atoms with E-state index in [4.69, 9.17) is 20.3 Å². The number of aliphatic hydroxyl groups is 1. The van der Waals surface area contributed by atoms with Crippen molar-refractivity contribution in [1.82, 2.24) is 0 Å². The first kappa shape index (κ1) is 13.8. The van der Waals surface area contributed by atoms with Gasteiger partial charge in [0, 0.05) is 6.04 Å². The van der Waals surface area contributed by atoms with Gasteiger partial charge in [-0.05, 0) is 37.6 Å². The fraction of sp³-hybridized carbons (Fsp3) is 0.538. The highest BCUT2D eigenvalue weighted by molar-refractivity contribution is 5.31. The van der Waals surface area contributed by atoms with Gasteiger partial charge < -0.3 is 20.3 Å². The summed E-state index contributed by atoms with van der Waals surface area (Å²) in [6.45, 7) is 4.48. The highest BCUT2D eigenvalue weighted by Crippen LogP contribution is 2.19. The predicted molar refractivity (Wildman–Crippen MR) is 67.4 cm³/mol. The van der Waals surface area contributed by atoms with Gasteiger partial charge in [-0.1, -0.05) is 6.92 Å². The van der Waals surface area contributed by atoms with E-state index in [0.29, 0.717) is 12.4 Å². The second kappa shape index (κ2) is 7.14. The van der Waals surface area contributed by atoms with Crippen LogP contribution in [-0.2, 0) is 0 Å². The Morgan fingerprint density at radius 1 is 1.24 bits per heavy atom. The minimum Gasteiger partial charge on any atom is -0.494 e. The van der Waals surface area contributed by atoms with Crippen LogP contribution in [0, 0.1) is 0 Å². The number of aliphatic hydroxyl groups excluding tert-OH is 1. The lowest BCUT2D eigenvalue weighted by atomic mass is 10.2. The molecule has 0 aromatic heterocycles. The van der Waals surface area contributed by atoms with E-state index in [1.807, 2.05) is 24.3 Å². The van der Waals surface area contributed by atoms with Gasteiger partial charge in [0.05, 0.1) is 13.2 Å². The van der Waals surface area contributed by atoms with Crippen LogP contribution in [0.1, 0.15) is 20.3 Å². The quantitative estimate of drug-likeness (QED) is 0.758. The molecule has 17 heavy (non-hydrogen) atoms. The second-order valence-electron chi connectivity index (χ2n) is 4.02. The summed E-state index contributed by atoms with van der Waals surface area (Å²) in [7, 11) is 0. The monoisotopic (exact) mass is 239 g/mol. The molecule has 0 heterocycles. The average Bonchev–Trinajstić information content (AvgIpc) is 2.34.